The monoisotopic (exact) mass is 386 g/mol. The largest absolute Gasteiger partial charge is 0.496 e. The van der Waals surface area contributed by atoms with E-state index in [0.717, 1.165) is 0 Å². The molecule has 0 amide bonds. The molecule has 10 heteroatoms. The average molecular weight is 386 g/mol. The standard InChI is InChI=1S/C16H26N4O5S/c1-9-8-13(25-4)10(2)11(3)14(9)26(23,24)20-12(15(21)22)6-5-7-19-16(17)18/h8,12,20H,5-7H2,1-4H3,(H,21,22)(H4,17,18,19)/t12-/m0/s1. The van der Waals surface area contributed by atoms with E-state index < -0.39 is 22.0 Å². The summed E-state index contributed by atoms with van der Waals surface area (Å²) in [7, 11) is -2.54. The lowest BCUT2D eigenvalue weighted by molar-refractivity contribution is -0.139. The number of benzene rings is 1. The van der Waals surface area contributed by atoms with Crippen molar-refractivity contribution in [3.8, 4) is 5.75 Å². The SMILES string of the molecule is COc1cc(C)c(S(=O)(=O)N[C@@H](CCCNC(=N)N)C(=O)O)c(C)c1C. The summed E-state index contributed by atoms with van der Waals surface area (Å²) < 4.78 is 33.1. The summed E-state index contributed by atoms with van der Waals surface area (Å²) >= 11 is 0. The molecule has 6 N–H and O–H groups in total. The van der Waals surface area contributed by atoms with Gasteiger partial charge in [-0.05, 0) is 56.4 Å². The number of aryl methyl sites for hydroxylation is 1. The van der Waals surface area contributed by atoms with E-state index in [1.54, 1.807) is 26.8 Å². The van der Waals surface area contributed by atoms with Gasteiger partial charge < -0.3 is 20.9 Å². The minimum atomic E-state index is -4.04. The van der Waals surface area contributed by atoms with Gasteiger partial charge in [0.1, 0.15) is 11.8 Å². The lowest BCUT2D eigenvalue weighted by atomic mass is 10.1. The van der Waals surface area contributed by atoms with Crippen molar-refractivity contribution in [1.29, 1.82) is 5.41 Å². The summed E-state index contributed by atoms with van der Waals surface area (Å²) in [5.74, 6) is -0.918. The lowest BCUT2D eigenvalue weighted by Gasteiger charge is -2.19. The fourth-order valence-electron chi connectivity index (χ4n) is 2.66. The zero-order valence-corrected chi connectivity index (χ0v) is 16.2. The van der Waals surface area contributed by atoms with E-state index in [0.29, 0.717) is 28.9 Å². The quantitative estimate of drug-likeness (QED) is 0.237. The molecule has 1 atom stereocenters. The minimum absolute atomic E-state index is 0.0576. The average Bonchev–Trinajstić information content (AvgIpc) is 2.53. The highest BCUT2D eigenvalue weighted by Crippen LogP contribution is 2.30. The molecule has 0 aliphatic carbocycles. The van der Waals surface area contributed by atoms with Crippen LogP contribution in [0.25, 0.3) is 0 Å². The van der Waals surface area contributed by atoms with Gasteiger partial charge in [0.15, 0.2) is 5.96 Å². The van der Waals surface area contributed by atoms with Gasteiger partial charge in [-0.3, -0.25) is 10.2 Å². The Labute approximate surface area is 153 Å². The molecule has 0 unspecified atom stereocenters. The Morgan fingerprint density at radius 2 is 1.96 bits per heavy atom. The maximum Gasteiger partial charge on any atom is 0.321 e. The van der Waals surface area contributed by atoms with Crippen molar-refractivity contribution < 1.29 is 23.1 Å². The van der Waals surface area contributed by atoms with E-state index in [1.165, 1.54) is 7.11 Å². The molecule has 146 valence electrons. The van der Waals surface area contributed by atoms with E-state index in [4.69, 9.17) is 15.9 Å². The Hall–Kier alpha value is -2.33. The number of hydrogen-bond donors (Lipinski definition) is 5. The van der Waals surface area contributed by atoms with Crippen LogP contribution in [0.5, 0.6) is 5.75 Å². The molecule has 0 radical (unpaired) electrons. The molecule has 0 spiro atoms. The van der Waals surface area contributed by atoms with Gasteiger partial charge in [-0.15, -0.1) is 0 Å². The van der Waals surface area contributed by atoms with Crippen LogP contribution in [0, 0.1) is 26.2 Å². The second-order valence-electron chi connectivity index (χ2n) is 5.97. The molecule has 0 saturated carbocycles. The highest BCUT2D eigenvalue weighted by Gasteiger charge is 2.28. The van der Waals surface area contributed by atoms with Crippen LogP contribution in [0.3, 0.4) is 0 Å². The molecule has 0 aromatic heterocycles. The van der Waals surface area contributed by atoms with Crippen molar-refractivity contribution in [1.82, 2.24) is 10.0 Å². The Bertz CT molecular complexity index is 792. The Kier molecular flexibility index (Phi) is 7.40. The molecule has 9 nitrogen and oxygen atoms in total. The summed E-state index contributed by atoms with van der Waals surface area (Å²) in [5.41, 5.74) is 6.81. The van der Waals surface area contributed by atoms with E-state index in [2.05, 4.69) is 10.0 Å². The van der Waals surface area contributed by atoms with Crippen molar-refractivity contribution in [2.45, 2.75) is 44.6 Å². The summed E-state index contributed by atoms with van der Waals surface area (Å²) in [6.07, 6.45) is 0.390. The molecule has 1 rings (SSSR count). The van der Waals surface area contributed by atoms with Crippen LogP contribution >= 0.6 is 0 Å². The number of nitrogens with two attached hydrogens (primary N) is 1. The fraction of sp³-hybridized carbons (Fsp3) is 0.500. The summed E-state index contributed by atoms with van der Waals surface area (Å²) in [6.45, 7) is 5.32. The molecule has 0 saturated heterocycles. The number of nitrogens with one attached hydrogen (secondary N) is 3. The maximum atomic E-state index is 12.8. The van der Waals surface area contributed by atoms with Crippen molar-refractivity contribution in [3.63, 3.8) is 0 Å². The third-order valence-corrected chi connectivity index (χ3v) is 5.81. The molecular weight excluding hydrogens is 360 g/mol. The van der Waals surface area contributed by atoms with Crippen molar-refractivity contribution in [2.24, 2.45) is 5.73 Å². The van der Waals surface area contributed by atoms with Crippen LogP contribution < -0.4 is 20.5 Å². The van der Waals surface area contributed by atoms with Crippen LogP contribution in [0.4, 0.5) is 0 Å². The minimum Gasteiger partial charge on any atom is -0.496 e. The normalized spacial score (nSPS) is 12.5. The first-order valence-electron chi connectivity index (χ1n) is 7.99. The molecular formula is C16H26N4O5S. The Balaban J connectivity index is 3.07. The second-order valence-corrected chi connectivity index (χ2v) is 7.62. The number of sulfonamides is 1. The van der Waals surface area contributed by atoms with Gasteiger partial charge in [0.2, 0.25) is 10.0 Å². The fourth-order valence-corrected chi connectivity index (χ4v) is 4.41. The number of methoxy groups -OCH3 is 1. The molecule has 1 aromatic rings. The van der Waals surface area contributed by atoms with Crippen LogP contribution in [0.2, 0.25) is 0 Å². The topological polar surface area (TPSA) is 155 Å². The molecule has 0 aliphatic heterocycles. The van der Waals surface area contributed by atoms with Gasteiger partial charge in [0.05, 0.1) is 12.0 Å². The zero-order valence-electron chi connectivity index (χ0n) is 15.3. The van der Waals surface area contributed by atoms with Crippen molar-refractivity contribution in [3.05, 3.63) is 22.8 Å². The van der Waals surface area contributed by atoms with Gasteiger partial charge >= 0.3 is 5.97 Å². The van der Waals surface area contributed by atoms with Gasteiger partial charge in [0, 0.05) is 6.54 Å². The Morgan fingerprint density at radius 1 is 1.35 bits per heavy atom. The first-order valence-corrected chi connectivity index (χ1v) is 9.47. The first-order chi connectivity index (χ1) is 12.0. The first kappa shape index (κ1) is 21.7. The number of hydrogen-bond acceptors (Lipinski definition) is 5. The number of guanidine groups is 1. The summed E-state index contributed by atoms with van der Waals surface area (Å²) in [6, 6.07) is 0.332. The van der Waals surface area contributed by atoms with Gasteiger partial charge in [-0.25, -0.2) is 8.42 Å². The van der Waals surface area contributed by atoms with Crippen molar-refractivity contribution in [2.75, 3.05) is 13.7 Å². The smallest absolute Gasteiger partial charge is 0.321 e. The van der Waals surface area contributed by atoms with Gasteiger partial charge in [0.25, 0.3) is 0 Å². The lowest BCUT2D eigenvalue weighted by Crippen LogP contribution is -2.42. The molecule has 0 heterocycles. The van der Waals surface area contributed by atoms with Crippen LogP contribution in [0.1, 0.15) is 29.5 Å². The Morgan fingerprint density at radius 3 is 2.46 bits per heavy atom. The second kappa shape index (κ2) is 8.86. The van der Waals surface area contributed by atoms with Crippen LogP contribution in [-0.4, -0.2) is 45.1 Å². The van der Waals surface area contributed by atoms with E-state index in [-0.39, 0.29) is 23.8 Å². The predicted molar refractivity (Wildman–Crippen MR) is 98.1 cm³/mol. The number of carboxylic acids is 1. The van der Waals surface area contributed by atoms with E-state index in [9.17, 15) is 18.3 Å². The van der Waals surface area contributed by atoms with Gasteiger partial charge in [-0.2, -0.15) is 4.72 Å². The number of rotatable bonds is 9. The molecule has 0 bridgehead atoms. The molecule has 26 heavy (non-hydrogen) atoms. The third-order valence-electron chi connectivity index (χ3n) is 4.05. The molecule has 1 aromatic carbocycles. The number of carboxylic acid groups (broad SMARTS) is 1. The highest BCUT2D eigenvalue weighted by atomic mass is 32.2. The van der Waals surface area contributed by atoms with Crippen LogP contribution in [-0.2, 0) is 14.8 Å². The van der Waals surface area contributed by atoms with E-state index >= 15 is 0 Å². The molecule has 0 fully saturated rings. The highest BCUT2D eigenvalue weighted by molar-refractivity contribution is 7.89. The zero-order chi connectivity index (χ0) is 20.1. The molecule has 0 aliphatic rings. The van der Waals surface area contributed by atoms with Crippen molar-refractivity contribution >= 4 is 22.0 Å². The number of ether oxygens (including phenoxy) is 1. The number of carbonyl (C=O) groups is 1. The van der Waals surface area contributed by atoms with Gasteiger partial charge in [-0.1, -0.05) is 0 Å². The number of aliphatic carboxylic acids is 1. The summed E-state index contributed by atoms with van der Waals surface area (Å²) in [4.78, 5) is 11.5. The summed E-state index contributed by atoms with van der Waals surface area (Å²) in [5, 5.41) is 18.9. The van der Waals surface area contributed by atoms with Crippen LogP contribution in [0.15, 0.2) is 11.0 Å². The van der Waals surface area contributed by atoms with E-state index in [1.807, 2.05) is 0 Å². The third kappa shape index (κ3) is 5.33. The predicted octanol–water partition coefficient (Wildman–Crippen LogP) is 0.615. The maximum absolute atomic E-state index is 12.8.